The smallest absolute Gasteiger partial charge is 0.227 e. The van der Waals surface area contributed by atoms with Gasteiger partial charge in [-0.3, -0.25) is 0 Å². The largest absolute Gasteiger partial charge is 0.455 e. The number of fused-ring (bicyclic) bond motifs is 6. The summed E-state index contributed by atoms with van der Waals surface area (Å²) in [6.45, 7) is 0. The Morgan fingerprint density at radius 3 is 2.13 bits per heavy atom. The highest BCUT2D eigenvalue weighted by Gasteiger charge is 2.19. The zero-order valence-corrected chi connectivity index (χ0v) is 20.4. The van der Waals surface area contributed by atoms with Crippen LogP contribution in [0.15, 0.2) is 136 Å². The number of para-hydroxylation sites is 2. The van der Waals surface area contributed by atoms with Crippen molar-refractivity contribution in [1.29, 1.82) is 0 Å². The normalized spacial score (nSPS) is 11.7. The van der Waals surface area contributed by atoms with Gasteiger partial charge in [-0.1, -0.05) is 91.0 Å². The van der Waals surface area contributed by atoms with E-state index in [1.807, 2.05) is 36.4 Å². The summed E-state index contributed by atoms with van der Waals surface area (Å²) in [5.74, 6) is 0.606. The molecule has 0 bridgehead atoms. The van der Waals surface area contributed by atoms with Crippen LogP contribution >= 0.6 is 0 Å². The van der Waals surface area contributed by atoms with E-state index in [1.54, 1.807) is 0 Å². The molecule has 8 rings (SSSR count). The Labute approximate surface area is 218 Å². The summed E-state index contributed by atoms with van der Waals surface area (Å²) in [5, 5.41) is 4.39. The summed E-state index contributed by atoms with van der Waals surface area (Å²) in [7, 11) is 0. The van der Waals surface area contributed by atoms with Gasteiger partial charge in [0.15, 0.2) is 5.58 Å². The van der Waals surface area contributed by atoms with Crippen LogP contribution in [0.1, 0.15) is 0 Å². The molecule has 8 aromatic rings. The summed E-state index contributed by atoms with van der Waals surface area (Å²) in [6.07, 6.45) is 0. The van der Waals surface area contributed by atoms with Crippen molar-refractivity contribution in [3.05, 3.63) is 127 Å². The average molecular weight is 488 g/mol. The minimum Gasteiger partial charge on any atom is -0.455 e. The number of hydrogen-bond donors (Lipinski definition) is 0. The van der Waals surface area contributed by atoms with Crippen LogP contribution in [0.4, 0.5) is 0 Å². The zero-order chi connectivity index (χ0) is 25.1. The standard InChI is InChI=1S/C35H21NO2/c1-2-10-22(11-3-1)25-13-6-7-15-27(25)28-20-23-12-4-5-14-26(23)34-33(28)29-21-24(18-19-31(29)37-34)35-36-30-16-8-9-17-32(30)38-35/h1-21H. The Morgan fingerprint density at radius 1 is 0.474 bits per heavy atom. The van der Waals surface area contributed by atoms with Crippen LogP contribution in [-0.4, -0.2) is 4.98 Å². The molecule has 0 amide bonds. The molecule has 0 unspecified atom stereocenters. The van der Waals surface area contributed by atoms with E-state index in [4.69, 9.17) is 13.8 Å². The van der Waals surface area contributed by atoms with Gasteiger partial charge in [0.05, 0.1) is 0 Å². The predicted molar refractivity (Wildman–Crippen MR) is 155 cm³/mol. The van der Waals surface area contributed by atoms with Crippen LogP contribution in [0.5, 0.6) is 0 Å². The first-order valence-electron chi connectivity index (χ1n) is 12.7. The summed E-state index contributed by atoms with van der Waals surface area (Å²) in [4.78, 5) is 4.74. The second-order valence-electron chi connectivity index (χ2n) is 9.56. The van der Waals surface area contributed by atoms with E-state index in [0.717, 1.165) is 54.9 Å². The molecule has 0 aliphatic carbocycles. The van der Waals surface area contributed by atoms with Gasteiger partial charge in [-0.05, 0) is 64.0 Å². The highest BCUT2D eigenvalue weighted by molar-refractivity contribution is 6.22. The van der Waals surface area contributed by atoms with E-state index in [2.05, 4.69) is 91.0 Å². The van der Waals surface area contributed by atoms with Crippen LogP contribution in [0.2, 0.25) is 0 Å². The Balaban J connectivity index is 1.46. The minimum atomic E-state index is 0.606. The van der Waals surface area contributed by atoms with Crippen LogP contribution in [0.3, 0.4) is 0 Å². The third kappa shape index (κ3) is 3.19. The molecule has 2 heterocycles. The third-order valence-electron chi connectivity index (χ3n) is 7.31. The van der Waals surface area contributed by atoms with Crippen molar-refractivity contribution >= 4 is 43.8 Å². The molecule has 0 aliphatic rings. The second-order valence-corrected chi connectivity index (χ2v) is 9.56. The lowest BCUT2D eigenvalue weighted by molar-refractivity contribution is 0.620. The summed E-state index contributed by atoms with van der Waals surface area (Å²) in [5.41, 5.74) is 8.98. The fourth-order valence-corrected chi connectivity index (χ4v) is 5.54. The lowest BCUT2D eigenvalue weighted by atomic mass is 9.90. The Kier molecular flexibility index (Phi) is 4.52. The molecule has 0 N–H and O–H groups in total. The lowest BCUT2D eigenvalue weighted by Crippen LogP contribution is -1.87. The number of oxazole rings is 1. The van der Waals surface area contributed by atoms with Crippen molar-refractivity contribution in [2.75, 3.05) is 0 Å². The van der Waals surface area contributed by atoms with E-state index in [-0.39, 0.29) is 0 Å². The van der Waals surface area contributed by atoms with Gasteiger partial charge in [-0.2, -0.15) is 0 Å². The molecular formula is C35H21NO2. The van der Waals surface area contributed by atoms with Gasteiger partial charge in [0.1, 0.15) is 16.7 Å². The molecule has 0 aliphatic heterocycles. The Bertz CT molecular complexity index is 2100. The summed E-state index contributed by atoms with van der Waals surface area (Å²) in [6, 6.07) is 43.9. The molecule has 3 nitrogen and oxygen atoms in total. The first-order valence-corrected chi connectivity index (χ1v) is 12.7. The maximum atomic E-state index is 6.57. The van der Waals surface area contributed by atoms with Crippen molar-refractivity contribution in [3.8, 4) is 33.7 Å². The molecule has 0 saturated carbocycles. The summed E-state index contributed by atoms with van der Waals surface area (Å²) < 4.78 is 12.7. The quantitative estimate of drug-likeness (QED) is 0.249. The molecule has 6 aromatic carbocycles. The minimum absolute atomic E-state index is 0.606. The Morgan fingerprint density at radius 2 is 1.24 bits per heavy atom. The van der Waals surface area contributed by atoms with Crippen molar-refractivity contribution in [2.45, 2.75) is 0 Å². The summed E-state index contributed by atoms with van der Waals surface area (Å²) >= 11 is 0. The van der Waals surface area contributed by atoms with Crippen LogP contribution in [0, 0.1) is 0 Å². The molecule has 0 fully saturated rings. The average Bonchev–Trinajstić information content (AvgIpc) is 3.59. The molecule has 0 radical (unpaired) electrons. The highest BCUT2D eigenvalue weighted by Crippen LogP contribution is 2.44. The lowest BCUT2D eigenvalue weighted by Gasteiger charge is -2.13. The van der Waals surface area contributed by atoms with Crippen molar-refractivity contribution in [2.24, 2.45) is 0 Å². The number of rotatable bonds is 3. The second kappa shape index (κ2) is 8.19. The number of benzene rings is 6. The SMILES string of the molecule is c1ccc(-c2ccccc2-c2cc3ccccc3c3oc4ccc(-c5nc6ccccc6o5)cc4c23)cc1. The molecule has 0 atom stereocenters. The van der Waals surface area contributed by atoms with Gasteiger partial charge in [0.25, 0.3) is 0 Å². The van der Waals surface area contributed by atoms with E-state index in [9.17, 15) is 0 Å². The monoisotopic (exact) mass is 487 g/mol. The van der Waals surface area contributed by atoms with E-state index in [0.29, 0.717) is 5.89 Å². The van der Waals surface area contributed by atoms with Gasteiger partial charge in [0, 0.05) is 21.7 Å². The molecule has 0 spiro atoms. The predicted octanol–water partition coefficient (Wildman–Crippen LogP) is 9.88. The molecule has 38 heavy (non-hydrogen) atoms. The first kappa shape index (κ1) is 21.0. The third-order valence-corrected chi connectivity index (χ3v) is 7.31. The van der Waals surface area contributed by atoms with Gasteiger partial charge in [0.2, 0.25) is 5.89 Å². The van der Waals surface area contributed by atoms with Gasteiger partial charge in [-0.25, -0.2) is 4.98 Å². The highest BCUT2D eigenvalue weighted by atomic mass is 16.3. The number of furan rings is 1. The molecule has 3 heteroatoms. The van der Waals surface area contributed by atoms with Crippen molar-refractivity contribution in [1.82, 2.24) is 4.98 Å². The first-order chi connectivity index (χ1) is 18.8. The maximum Gasteiger partial charge on any atom is 0.227 e. The van der Waals surface area contributed by atoms with Crippen molar-refractivity contribution < 1.29 is 8.83 Å². The van der Waals surface area contributed by atoms with Gasteiger partial charge >= 0.3 is 0 Å². The van der Waals surface area contributed by atoms with E-state index in [1.165, 1.54) is 16.7 Å². The van der Waals surface area contributed by atoms with Crippen LogP contribution in [-0.2, 0) is 0 Å². The zero-order valence-electron chi connectivity index (χ0n) is 20.4. The number of aromatic nitrogens is 1. The molecule has 178 valence electrons. The number of hydrogen-bond acceptors (Lipinski definition) is 3. The van der Waals surface area contributed by atoms with Gasteiger partial charge < -0.3 is 8.83 Å². The van der Waals surface area contributed by atoms with Gasteiger partial charge in [-0.15, -0.1) is 0 Å². The fourth-order valence-electron chi connectivity index (χ4n) is 5.54. The molecular weight excluding hydrogens is 466 g/mol. The molecule has 2 aromatic heterocycles. The van der Waals surface area contributed by atoms with Crippen LogP contribution in [0.25, 0.3) is 77.5 Å². The van der Waals surface area contributed by atoms with Crippen molar-refractivity contribution in [3.63, 3.8) is 0 Å². The molecule has 0 saturated heterocycles. The Hall–Kier alpha value is -5.15. The number of nitrogens with zero attached hydrogens (tertiary/aromatic N) is 1. The van der Waals surface area contributed by atoms with E-state index >= 15 is 0 Å². The van der Waals surface area contributed by atoms with E-state index < -0.39 is 0 Å². The fraction of sp³-hybridized carbons (Fsp3) is 0. The van der Waals surface area contributed by atoms with Crippen LogP contribution < -0.4 is 0 Å². The maximum absolute atomic E-state index is 6.57. The topological polar surface area (TPSA) is 39.2 Å².